The molecule has 0 heterocycles. The van der Waals surface area contributed by atoms with Crippen LogP contribution in [0.4, 0.5) is 11.4 Å². The standard InChI is InChI=1S/C18H21ClN2O/c1-11-5-6-13(3)16(9-11)21-17(22)10-20-18-14(4)7-12(2)8-15(18)19/h5-9,20H,10H2,1-4H3,(H,21,22). The summed E-state index contributed by atoms with van der Waals surface area (Å²) in [5.74, 6) is -0.0928. The SMILES string of the molecule is Cc1cc(C)c(NCC(=O)Nc2cc(C)ccc2C)c(Cl)c1. The Balaban J connectivity index is 2.03. The van der Waals surface area contributed by atoms with Crippen molar-refractivity contribution >= 4 is 28.9 Å². The van der Waals surface area contributed by atoms with E-state index in [-0.39, 0.29) is 12.5 Å². The molecule has 0 saturated carbocycles. The first-order valence-corrected chi connectivity index (χ1v) is 7.62. The van der Waals surface area contributed by atoms with Crippen LogP contribution in [-0.2, 0) is 4.79 Å². The molecular formula is C18H21ClN2O. The third-order valence-electron chi connectivity index (χ3n) is 3.52. The largest absolute Gasteiger partial charge is 0.375 e. The van der Waals surface area contributed by atoms with Gasteiger partial charge in [0.05, 0.1) is 17.3 Å². The zero-order chi connectivity index (χ0) is 16.3. The Hall–Kier alpha value is -2.00. The average Bonchev–Trinajstić information content (AvgIpc) is 2.41. The van der Waals surface area contributed by atoms with Crippen molar-refractivity contribution in [1.29, 1.82) is 0 Å². The number of anilines is 2. The zero-order valence-electron chi connectivity index (χ0n) is 13.4. The van der Waals surface area contributed by atoms with Crippen LogP contribution in [0.1, 0.15) is 22.3 Å². The van der Waals surface area contributed by atoms with Gasteiger partial charge >= 0.3 is 0 Å². The molecule has 2 aromatic carbocycles. The van der Waals surface area contributed by atoms with Crippen LogP contribution in [0, 0.1) is 27.7 Å². The summed E-state index contributed by atoms with van der Waals surface area (Å²) in [4.78, 5) is 12.1. The van der Waals surface area contributed by atoms with Crippen molar-refractivity contribution in [3.05, 3.63) is 57.6 Å². The summed E-state index contributed by atoms with van der Waals surface area (Å²) in [5, 5.41) is 6.68. The van der Waals surface area contributed by atoms with Crippen molar-refractivity contribution < 1.29 is 4.79 Å². The molecule has 0 fully saturated rings. The van der Waals surface area contributed by atoms with Gasteiger partial charge in [0.25, 0.3) is 0 Å². The maximum absolute atomic E-state index is 12.1. The van der Waals surface area contributed by atoms with Crippen molar-refractivity contribution in [2.45, 2.75) is 27.7 Å². The number of hydrogen-bond donors (Lipinski definition) is 2. The summed E-state index contributed by atoms with van der Waals surface area (Å²) in [6, 6.07) is 9.92. The zero-order valence-corrected chi connectivity index (χ0v) is 14.1. The Morgan fingerprint density at radius 2 is 1.73 bits per heavy atom. The van der Waals surface area contributed by atoms with Crippen molar-refractivity contribution in [2.24, 2.45) is 0 Å². The van der Waals surface area contributed by atoms with E-state index in [1.165, 1.54) is 0 Å². The van der Waals surface area contributed by atoms with Gasteiger partial charge in [-0.05, 0) is 62.1 Å². The predicted molar refractivity (Wildman–Crippen MR) is 94.0 cm³/mol. The van der Waals surface area contributed by atoms with Crippen LogP contribution in [0.5, 0.6) is 0 Å². The molecule has 4 heteroatoms. The van der Waals surface area contributed by atoms with Crippen LogP contribution in [-0.4, -0.2) is 12.5 Å². The van der Waals surface area contributed by atoms with Crippen LogP contribution in [0.15, 0.2) is 30.3 Å². The first-order chi connectivity index (χ1) is 10.4. The number of rotatable bonds is 4. The molecule has 0 aliphatic heterocycles. The first kappa shape index (κ1) is 16.4. The van der Waals surface area contributed by atoms with Gasteiger partial charge in [0.2, 0.25) is 5.91 Å². The molecule has 0 aliphatic carbocycles. The van der Waals surface area contributed by atoms with E-state index in [0.717, 1.165) is 33.6 Å². The molecule has 22 heavy (non-hydrogen) atoms. The van der Waals surface area contributed by atoms with E-state index in [2.05, 4.69) is 10.6 Å². The number of carbonyl (C=O) groups is 1. The van der Waals surface area contributed by atoms with Crippen LogP contribution in [0.3, 0.4) is 0 Å². The molecular weight excluding hydrogens is 296 g/mol. The van der Waals surface area contributed by atoms with E-state index < -0.39 is 0 Å². The van der Waals surface area contributed by atoms with E-state index in [1.807, 2.05) is 58.0 Å². The van der Waals surface area contributed by atoms with Crippen LogP contribution in [0.25, 0.3) is 0 Å². The van der Waals surface area contributed by atoms with Gasteiger partial charge in [-0.3, -0.25) is 4.79 Å². The molecule has 1 amide bonds. The second-order valence-corrected chi connectivity index (χ2v) is 6.07. The third kappa shape index (κ3) is 4.01. The fourth-order valence-corrected chi connectivity index (χ4v) is 2.76. The Morgan fingerprint density at radius 3 is 2.41 bits per heavy atom. The van der Waals surface area contributed by atoms with E-state index >= 15 is 0 Å². The fourth-order valence-electron chi connectivity index (χ4n) is 2.37. The third-order valence-corrected chi connectivity index (χ3v) is 3.82. The second-order valence-electron chi connectivity index (χ2n) is 5.66. The Kier molecular flexibility index (Phi) is 5.09. The monoisotopic (exact) mass is 316 g/mol. The number of carbonyl (C=O) groups excluding carboxylic acids is 1. The summed E-state index contributed by atoms with van der Waals surface area (Å²) in [6.07, 6.45) is 0. The maximum Gasteiger partial charge on any atom is 0.243 e. The minimum absolute atomic E-state index is 0.0928. The fraction of sp³-hybridized carbons (Fsp3) is 0.278. The highest BCUT2D eigenvalue weighted by Gasteiger charge is 2.09. The second kappa shape index (κ2) is 6.84. The van der Waals surface area contributed by atoms with Gasteiger partial charge in [-0.25, -0.2) is 0 Å². The molecule has 0 aliphatic rings. The molecule has 0 saturated heterocycles. The molecule has 0 aromatic heterocycles. The van der Waals surface area contributed by atoms with Crippen molar-refractivity contribution in [2.75, 3.05) is 17.2 Å². The average molecular weight is 317 g/mol. The van der Waals surface area contributed by atoms with Gasteiger partial charge in [0, 0.05) is 5.69 Å². The normalized spacial score (nSPS) is 10.4. The van der Waals surface area contributed by atoms with Crippen LogP contribution in [0.2, 0.25) is 5.02 Å². The highest BCUT2D eigenvalue weighted by atomic mass is 35.5. The van der Waals surface area contributed by atoms with E-state index in [1.54, 1.807) is 0 Å². The number of benzene rings is 2. The number of hydrogen-bond acceptors (Lipinski definition) is 2. The molecule has 0 atom stereocenters. The smallest absolute Gasteiger partial charge is 0.243 e. The molecule has 0 unspecified atom stereocenters. The molecule has 0 radical (unpaired) electrons. The van der Waals surface area contributed by atoms with E-state index in [9.17, 15) is 4.79 Å². The van der Waals surface area contributed by atoms with Crippen molar-refractivity contribution in [3.63, 3.8) is 0 Å². The van der Waals surface area contributed by atoms with E-state index in [4.69, 9.17) is 11.6 Å². The summed E-state index contributed by atoms with van der Waals surface area (Å²) >= 11 is 6.23. The molecule has 0 bridgehead atoms. The number of aryl methyl sites for hydroxylation is 4. The number of amides is 1. The highest BCUT2D eigenvalue weighted by molar-refractivity contribution is 6.33. The predicted octanol–water partition coefficient (Wildman–Crippen LogP) is 4.62. The molecule has 2 aromatic rings. The Bertz CT molecular complexity index is 687. The lowest BCUT2D eigenvalue weighted by atomic mass is 10.1. The molecule has 3 nitrogen and oxygen atoms in total. The minimum Gasteiger partial charge on any atom is -0.375 e. The lowest BCUT2D eigenvalue weighted by Crippen LogP contribution is -2.22. The van der Waals surface area contributed by atoms with Gasteiger partial charge in [0.15, 0.2) is 0 Å². The molecule has 0 spiro atoms. The summed E-state index contributed by atoms with van der Waals surface area (Å²) < 4.78 is 0. The summed E-state index contributed by atoms with van der Waals surface area (Å²) in [5.41, 5.74) is 5.95. The maximum atomic E-state index is 12.1. The lowest BCUT2D eigenvalue weighted by Gasteiger charge is -2.13. The Morgan fingerprint density at radius 1 is 1.00 bits per heavy atom. The van der Waals surface area contributed by atoms with Crippen LogP contribution < -0.4 is 10.6 Å². The Labute approximate surface area is 136 Å². The number of nitrogens with one attached hydrogen (secondary N) is 2. The van der Waals surface area contributed by atoms with Gasteiger partial charge in [-0.15, -0.1) is 0 Å². The first-order valence-electron chi connectivity index (χ1n) is 7.24. The molecule has 2 rings (SSSR count). The highest BCUT2D eigenvalue weighted by Crippen LogP contribution is 2.27. The lowest BCUT2D eigenvalue weighted by molar-refractivity contribution is -0.114. The van der Waals surface area contributed by atoms with Gasteiger partial charge < -0.3 is 10.6 Å². The molecule has 2 N–H and O–H groups in total. The van der Waals surface area contributed by atoms with Crippen molar-refractivity contribution in [3.8, 4) is 0 Å². The van der Waals surface area contributed by atoms with Crippen molar-refractivity contribution in [1.82, 2.24) is 0 Å². The minimum atomic E-state index is -0.0928. The summed E-state index contributed by atoms with van der Waals surface area (Å²) in [7, 11) is 0. The van der Waals surface area contributed by atoms with E-state index in [0.29, 0.717) is 5.02 Å². The summed E-state index contributed by atoms with van der Waals surface area (Å²) in [6.45, 7) is 8.13. The molecule has 116 valence electrons. The van der Waals surface area contributed by atoms with Gasteiger partial charge in [0.1, 0.15) is 0 Å². The quantitative estimate of drug-likeness (QED) is 0.863. The topological polar surface area (TPSA) is 41.1 Å². The number of halogens is 1. The van der Waals surface area contributed by atoms with Gasteiger partial charge in [-0.1, -0.05) is 29.8 Å². The van der Waals surface area contributed by atoms with Gasteiger partial charge in [-0.2, -0.15) is 0 Å². The van der Waals surface area contributed by atoms with Crippen LogP contribution >= 0.6 is 11.6 Å².